The molecule has 0 bridgehead atoms. The molecule has 0 radical (unpaired) electrons. The Balaban J connectivity index is 2.92. The van der Waals surface area contributed by atoms with Crippen molar-refractivity contribution in [3.05, 3.63) is 34.9 Å². The molecule has 1 unspecified atom stereocenters. The van der Waals surface area contributed by atoms with Crippen molar-refractivity contribution in [1.29, 1.82) is 0 Å². The molecule has 0 heterocycles. The van der Waals surface area contributed by atoms with Gasteiger partial charge in [-0.1, -0.05) is 0 Å². The van der Waals surface area contributed by atoms with Gasteiger partial charge in [-0.2, -0.15) is 0 Å². The molecule has 1 atom stereocenters. The van der Waals surface area contributed by atoms with Gasteiger partial charge < -0.3 is 11.1 Å². The first kappa shape index (κ1) is 14.4. The van der Waals surface area contributed by atoms with Crippen LogP contribution in [0.4, 0.5) is 17.6 Å². The average molecular weight is 264 g/mol. The van der Waals surface area contributed by atoms with Crippen molar-refractivity contribution in [2.75, 3.05) is 6.54 Å². The molecule has 0 aliphatic heterocycles. The van der Waals surface area contributed by atoms with E-state index in [1.165, 1.54) is 0 Å². The zero-order valence-corrected chi connectivity index (χ0v) is 9.57. The minimum atomic E-state index is -1.72. The van der Waals surface area contributed by atoms with E-state index in [1.54, 1.807) is 6.92 Å². The fourth-order valence-electron chi connectivity index (χ4n) is 1.27. The second-order valence-electron chi connectivity index (χ2n) is 3.87. The van der Waals surface area contributed by atoms with Gasteiger partial charge in [-0.05, 0) is 13.3 Å². The normalized spacial score (nSPS) is 12.3. The maximum absolute atomic E-state index is 13.2. The average Bonchev–Trinajstić information content (AvgIpc) is 2.26. The van der Waals surface area contributed by atoms with Crippen LogP contribution in [0.1, 0.15) is 23.7 Å². The summed E-state index contributed by atoms with van der Waals surface area (Å²) in [5, 5.41) is 2.13. The first-order chi connectivity index (χ1) is 8.34. The monoisotopic (exact) mass is 264 g/mol. The van der Waals surface area contributed by atoms with Gasteiger partial charge in [0.1, 0.15) is 5.56 Å². The lowest BCUT2D eigenvalue weighted by Crippen LogP contribution is -2.30. The van der Waals surface area contributed by atoms with Crippen LogP contribution in [-0.4, -0.2) is 18.5 Å². The third-order valence-corrected chi connectivity index (χ3v) is 2.22. The summed E-state index contributed by atoms with van der Waals surface area (Å²) in [5.74, 6) is -7.89. The van der Waals surface area contributed by atoms with E-state index >= 15 is 0 Å². The number of nitrogens with two attached hydrogens (primary N) is 1. The van der Waals surface area contributed by atoms with Gasteiger partial charge in [-0.15, -0.1) is 0 Å². The molecule has 7 heteroatoms. The minimum absolute atomic E-state index is 0.0450. The lowest BCUT2D eigenvalue weighted by atomic mass is 10.1. The van der Waals surface area contributed by atoms with Gasteiger partial charge in [0.2, 0.25) is 0 Å². The highest BCUT2D eigenvalue weighted by atomic mass is 19.2. The Kier molecular flexibility index (Phi) is 4.66. The van der Waals surface area contributed by atoms with Gasteiger partial charge in [0.25, 0.3) is 5.91 Å². The summed E-state index contributed by atoms with van der Waals surface area (Å²) in [6.07, 6.45) is 0.368. The summed E-state index contributed by atoms with van der Waals surface area (Å²) in [4.78, 5) is 11.4. The summed E-state index contributed by atoms with van der Waals surface area (Å²) in [6, 6.07) is -0.173. The van der Waals surface area contributed by atoms with Crippen molar-refractivity contribution in [2.45, 2.75) is 19.4 Å². The van der Waals surface area contributed by atoms with Gasteiger partial charge in [-0.25, -0.2) is 17.6 Å². The molecule has 3 N–H and O–H groups in total. The standard InChI is InChI=1S/C11H12F4N2O/c1-5(16)2-3-17-11(18)8-9(14)6(12)4-7(13)10(8)15/h4-5H,2-3,16H2,1H3,(H,17,18). The van der Waals surface area contributed by atoms with Gasteiger partial charge in [0, 0.05) is 18.7 Å². The Morgan fingerprint density at radius 1 is 1.28 bits per heavy atom. The highest BCUT2D eigenvalue weighted by Gasteiger charge is 2.24. The van der Waals surface area contributed by atoms with Crippen molar-refractivity contribution < 1.29 is 22.4 Å². The molecule has 100 valence electrons. The van der Waals surface area contributed by atoms with E-state index < -0.39 is 34.7 Å². The summed E-state index contributed by atoms with van der Waals surface area (Å²) >= 11 is 0. The number of carbonyl (C=O) groups excluding carboxylic acids is 1. The molecule has 0 saturated heterocycles. The van der Waals surface area contributed by atoms with E-state index in [0.29, 0.717) is 6.42 Å². The predicted octanol–water partition coefficient (Wildman–Crippen LogP) is 1.71. The number of hydrogen-bond acceptors (Lipinski definition) is 2. The van der Waals surface area contributed by atoms with Crippen LogP contribution >= 0.6 is 0 Å². The molecule has 18 heavy (non-hydrogen) atoms. The second kappa shape index (κ2) is 5.81. The van der Waals surface area contributed by atoms with Crippen LogP contribution in [0.2, 0.25) is 0 Å². The fourth-order valence-corrected chi connectivity index (χ4v) is 1.27. The van der Waals surface area contributed by atoms with Gasteiger partial charge in [-0.3, -0.25) is 4.79 Å². The van der Waals surface area contributed by atoms with E-state index in [9.17, 15) is 22.4 Å². The number of benzene rings is 1. The topological polar surface area (TPSA) is 55.1 Å². The van der Waals surface area contributed by atoms with Crippen LogP contribution in [0.25, 0.3) is 0 Å². The smallest absolute Gasteiger partial charge is 0.257 e. The molecular formula is C11H12F4N2O. The zero-order valence-electron chi connectivity index (χ0n) is 9.57. The van der Waals surface area contributed by atoms with Gasteiger partial charge in [0.15, 0.2) is 23.3 Å². The maximum atomic E-state index is 13.2. The van der Waals surface area contributed by atoms with E-state index in [2.05, 4.69) is 5.32 Å². The van der Waals surface area contributed by atoms with Crippen LogP contribution in [0.3, 0.4) is 0 Å². The second-order valence-corrected chi connectivity index (χ2v) is 3.87. The largest absolute Gasteiger partial charge is 0.352 e. The third kappa shape index (κ3) is 3.19. The van der Waals surface area contributed by atoms with Crippen LogP contribution in [0.15, 0.2) is 6.07 Å². The molecule has 1 aromatic rings. The van der Waals surface area contributed by atoms with Crippen LogP contribution in [-0.2, 0) is 0 Å². The zero-order chi connectivity index (χ0) is 13.9. The van der Waals surface area contributed by atoms with E-state index in [0.717, 1.165) is 0 Å². The lowest BCUT2D eigenvalue weighted by molar-refractivity contribution is 0.0942. The van der Waals surface area contributed by atoms with Gasteiger partial charge >= 0.3 is 0 Å². The molecule has 3 nitrogen and oxygen atoms in total. The van der Waals surface area contributed by atoms with E-state index in [1.807, 2.05) is 0 Å². The van der Waals surface area contributed by atoms with Crippen molar-refractivity contribution >= 4 is 5.91 Å². The maximum Gasteiger partial charge on any atom is 0.257 e. The SMILES string of the molecule is CC(N)CCNC(=O)c1c(F)c(F)cc(F)c1F. The van der Waals surface area contributed by atoms with Crippen LogP contribution in [0.5, 0.6) is 0 Å². The molecule has 0 spiro atoms. The van der Waals surface area contributed by atoms with Crippen molar-refractivity contribution in [2.24, 2.45) is 5.73 Å². The Morgan fingerprint density at radius 3 is 2.22 bits per heavy atom. The van der Waals surface area contributed by atoms with Crippen LogP contribution < -0.4 is 11.1 Å². The number of rotatable bonds is 4. The number of amides is 1. The molecule has 1 amide bonds. The highest BCUT2D eigenvalue weighted by Crippen LogP contribution is 2.19. The Hall–Kier alpha value is -1.63. The van der Waals surface area contributed by atoms with Gasteiger partial charge in [0.05, 0.1) is 0 Å². The summed E-state index contributed by atoms with van der Waals surface area (Å²) in [5.41, 5.74) is 4.14. The van der Waals surface area contributed by atoms with Crippen molar-refractivity contribution in [1.82, 2.24) is 5.32 Å². The molecule has 1 aromatic carbocycles. The molecule has 0 saturated carbocycles. The van der Waals surface area contributed by atoms with Crippen LogP contribution in [0, 0.1) is 23.3 Å². The van der Waals surface area contributed by atoms with E-state index in [4.69, 9.17) is 5.73 Å². The predicted molar refractivity (Wildman–Crippen MR) is 56.9 cm³/mol. The van der Waals surface area contributed by atoms with Crippen molar-refractivity contribution in [3.8, 4) is 0 Å². The Labute approximate surface area is 101 Å². The summed E-state index contributed by atoms with van der Waals surface area (Å²) in [6.45, 7) is 1.72. The van der Waals surface area contributed by atoms with Crippen molar-refractivity contribution in [3.63, 3.8) is 0 Å². The molecule has 1 rings (SSSR count). The van der Waals surface area contributed by atoms with E-state index in [-0.39, 0.29) is 18.7 Å². The number of halogens is 4. The molecular weight excluding hydrogens is 252 g/mol. The quantitative estimate of drug-likeness (QED) is 0.642. The lowest BCUT2D eigenvalue weighted by Gasteiger charge is -2.09. The molecule has 0 aromatic heterocycles. The first-order valence-corrected chi connectivity index (χ1v) is 5.21. The Bertz CT molecular complexity index is 437. The summed E-state index contributed by atoms with van der Waals surface area (Å²) < 4.78 is 52.1. The number of nitrogens with one attached hydrogen (secondary N) is 1. The molecule has 0 aliphatic carbocycles. The third-order valence-electron chi connectivity index (χ3n) is 2.22. The minimum Gasteiger partial charge on any atom is -0.352 e. The highest BCUT2D eigenvalue weighted by molar-refractivity contribution is 5.94. The molecule has 0 aliphatic rings. The summed E-state index contributed by atoms with van der Waals surface area (Å²) in [7, 11) is 0. The number of hydrogen-bond donors (Lipinski definition) is 2. The first-order valence-electron chi connectivity index (χ1n) is 5.21. The fraction of sp³-hybridized carbons (Fsp3) is 0.364. The molecule has 0 fully saturated rings. The Morgan fingerprint density at radius 2 is 1.78 bits per heavy atom. The number of carbonyl (C=O) groups is 1.